The van der Waals surface area contributed by atoms with Crippen LogP contribution in [-0.2, 0) is 0 Å². The fraction of sp³-hybridized carbons (Fsp3) is 0.222. The van der Waals surface area contributed by atoms with Crippen LogP contribution in [0.25, 0.3) is 0 Å². The van der Waals surface area contributed by atoms with E-state index in [0.717, 1.165) is 12.7 Å². The highest BCUT2D eigenvalue weighted by Crippen LogP contribution is 2.30. The van der Waals surface area contributed by atoms with Crippen LogP contribution < -0.4 is 10.6 Å². The van der Waals surface area contributed by atoms with E-state index < -0.39 is 0 Å². The van der Waals surface area contributed by atoms with Crippen LogP contribution in [0.3, 0.4) is 0 Å². The molecule has 1 fully saturated rings. The summed E-state index contributed by atoms with van der Waals surface area (Å²) in [4.78, 5) is 11.0. The third-order valence-electron chi connectivity index (χ3n) is 2.21. The van der Waals surface area contributed by atoms with Gasteiger partial charge in [-0.1, -0.05) is 0 Å². The highest BCUT2D eigenvalue weighted by Gasteiger charge is 2.22. The van der Waals surface area contributed by atoms with Crippen molar-refractivity contribution in [2.45, 2.75) is 6.04 Å². The molecule has 0 spiro atoms. The molecule has 1 aliphatic heterocycles. The Kier molecular flexibility index (Phi) is 3.24. The van der Waals surface area contributed by atoms with Gasteiger partial charge in [0.2, 0.25) is 0 Å². The molecule has 2 rings (SSSR count). The molecule has 1 saturated heterocycles. The van der Waals surface area contributed by atoms with Crippen molar-refractivity contribution < 1.29 is 9.90 Å². The smallest absolute Gasteiger partial charge is 0.315 e. The van der Waals surface area contributed by atoms with Crippen molar-refractivity contribution in [2.24, 2.45) is 0 Å². The molecule has 1 atom stereocenters. The summed E-state index contributed by atoms with van der Waals surface area (Å²) < 4.78 is 1.60. The molecular weight excluding hydrogens is 422 g/mol. The van der Waals surface area contributed by atoms with E-state index in [4.69, 9.17) is 0 Å². The average molecular weight is 430 g/mol. The van der Waals surface area contributed by atoms with Crippen LogP contribution in [0.15, 0.2) is 12.1 Å². The number of hydrogen-bond acceptors (Lipinski definition) is 2. The second-order valence-electron chi connectivity index (χ2n) is 3.24. The fourth-order valence-electron chi connectivity index (χ4n) is 1.44. The van der Waals surface area contributed by atoms with Crippen molar-refractivity contribution in [1.29, 1.82) is 0 Å². The number of rotatable bonds is 1. The van der Waals surface area contributed by atoms with Gasteiger partial charge in [0, 0.05) is 6.54 Å². The lowest BCUT2D eigenvalue weighted by atomic mass is 10.1. The first-order chi connectivity index (χ1) is 7.08. The van der Waals surface area contributed by atoms with Gasteiger partial charge >= 0.3 is 6.03 Å². The molecule has 6 heteroatoms. The quantitative estimate of drug-likeness (QED) is 0.597. The Morgan fingerprint density at radius 1 is 1.33 bits per heavy atom. The summed E-state index contributed by atoms with van der Waals surface area (Å²) in [5.41, 5.74) is 1.01. The summed E-state index contributed by atoms with van der Waals surface area (Å²) in [5.74, 6) is 0.303. The number of halogens is 2. The molecule has 4 nitrogen and oxygen atoms in total. The first-order valence-electron chi connectivity index (χ1n) is 4.30. The summed E-state index contributed by atoms with van der Waals surface area (Å²) >= 11 is 4.16. The van der Waals surface area contributed by atoms with Gasteiger partial charge < -0.3 is 15.7 Å². The SMILES string of the molecule is O=C1NC[C@H](c2cc(I)c(O)c(I)c2)N1. The van der Waals surface area contributed by atoms with Crippen molar-refractivity contribution >= 4 is 51.2 Å². The zero-order valence-electron chi connectivity index (χ0n) is 7.55. The summed E-state index contributed by atoms with van der Waals surface area (Å²) in [7, 11) is 0. The Morgan fingerprint density at radius 2 is 1.93 bits per heavy atom. The highest BCUT2D eigenvalue weighted by molar-refractivity contribution is 14.1. The summed E-state index contributed by atoms with van der Waals surface area (Å²) in [5, 5.41) is 15.1. The third-order valence-corrected chi connectivity index (χ3v) is 3.86. The van der Waals surface area contributed by atoms with Crippen molar-refractivity contribution in [3.8, 4) is 5.75 Å². The number of nitrogens with one attached hydrogen (secondary N) is 2. The van der Waals surface area contributed by atoms with Gasteiger partial charge in [-0.2, -0.15) is 0 Å². The van der Waals surface area contributed by atoms with Crippen molar-refractivity contribution in [2.75, 3.05) is 6.54 Å². The van der Waals surface area contributed by atoms with Gasteiger partial charge in [0.25, 0.3) is 0 Å². The largest absolute Gasteiger partial charge is 0.506 e. The number of aromatic hydroxyl groups is 1. The molecule has 0 unspecified atom stereocenters. The van der Waals surface area contributed by atoms with Gasteiger partial charge in [0.1, 0.15) is 5.75 Å². The number of amides is 2. The third kappa shape index (κ3) is 2.30. The maximum atomic E-state index is 11.0. The second kappa shape index (κ2) is 4.32. The maximum absolute atomic E-state index is 11.0. The van der Waals surface area contributed by atoms with Gasteiger partial charge in [-0.3, -0.25) is 0 Å². The Hall–Kier alpha value is -0.250. The Morgan fingerprint density at radius 3 is 2.40 bits per heavy atom. The van der Waals surface area contributed by atoms with E-state index in [1.807, 2.05) is 12.1 Å². The molecule has 1 aliphatic rings. The number of carbonyl (C=O) groups is 1. The molecule has 3 N–H and O–H groups in total. The fourth-order valence-corrected chi connectivity index (χ4v) is 3.26. The molecule has 80 valence electrons. The van der Waals surface area contributed by atoms with E-state index in [2.05, 4.69) is 55.8 Å². The zero-order valence-corrected chi connectivity index (χ0v) is 11.9. The molecule has 0 aromatic heterocycles. The zero-order chi connectivity index (χ0) is 11.0. The normalized spacial score (nSPS) is 19.9. The van der Waals surface area contributed by atoms with Gasteiger partial charge in [0.15, 0.2) is 0 Å². The number of phenols is 1. The van der Waals surface area contributed by atoms with Gasteiger partial charge in [0.05, 0.1) is 13.2 Å². The second-order valence-corrected chi connectivity index (χ2v) is 5.56. The summed E-state index contributed by atoms with van der Waals surface area (Å²) in [6, 6.07) is 3.63. The van der Waals surface area contributed by atoms with Gasteiger partial charge in [-0.05, 0) is 62.9 Å². The topological polar surface area (TPSA) is 61.4 Å². The Labute approximate surface area is 114 Å². The van der Waals surface area contributed by atoms with E-state index in [0.29, 0.717) is 12.3 Å². The van der Waals surface area contributed by atoms with Crippen molar-refractivity contribution in [3.63, 3.8) is 0 Å². The minimum absolute atomic E-state index is 0.000122. The van der Waals surface area contributed by atoms with E-state index in [1.165, 1.54) is 0 Å². The predicted octanol–water partition coefficient (Wildman–Crippen LogP) is 1.96. The first kappa shape index (κ1) is 11.2. The summed E-state index contributed by atoms with van der Waals surface area (Å²) in [6.07, 6.45) is 0. The molecular formula is C9H8I2N2O2. The van der Waals surface area contributed by atoms with E-state index >= 15 is 0 Å². The molecule has 0 aliphatic carbocycles. The van der Waals surface area contributed by atoms with Crippen LogP contribution in [0.2, 0.25) is 0 Å². The van der Waals surface area contributed by atoms with Crippen LogP contribution in [-0.4, -0.2) is 17.7 Å². The standard InChI is InChI=1S/C9H8I2N2O2/c10-5-1-4(2-6(11)8(5)14)7-3-12-9(15)13-7/h1-2,7,14H,3H2,(H2,12,13,15)/t7-/m1/s1. The molecule has 0 radical (unpaired) electrons. The number of urea groups is 1. The minimum Gasteiger partial charge on any atom is -0.506 e. The number of hydrogen-bond donors (Lipinski definition) is 3. The number of phenolic OH excluding ortho intramolecular Hbond substituents is 1. The Balaban J connectivity index is 2.33. The minimum atomic E-state index is -0.141. The van der Waals surface area contributed by atoms with Crippen LogP contribution in [0.4, 0.5) is 4.79 Å². The van der Waals surface area contributed by atoms with E-state index in [1.54, 1.807) is 0 Å². The number of benzene rings is 1. The predicted molar refractivity (Wildman–Crippen MR) is 72.8 cm³/mol. The lowest BCUT2D eigenvalue weighted by molar-refractivity contribution is 0.247. The average Bonchev–Trinajstić information content (AvgIpc) is 2.60. The molecule has 1 aromatic carbocycles. The monoisotopic (exact) mass is 430 g/mol. The first-order valence-corrected chi connectivity index (χ1v) is 6.46. The maximum Gasteiger partial charge on any atom is 0.315 e. The van der Waals surface area contributed by atoms with E-state index in [9.17, 15) is 9.90 Å². The van der Waals surface area contributed by atoms with Crippen LogP contribution in [0.5, 0.6) is 5.75 Å². The van der Waals surface area contributed by atoms with E-state index in [-0.39, 0.29) is 12.1 Å². The molecule has 1 heterocycles. The van der Waals surface area contributed by atoms with Crippen molar-refractivity contribution in [3.05, 3.63) is 24.8 Å². The van der Waals surface area contributed by atoms with Gasteiger partial charge in [-0.25, -0.2) is 4.79 Å². The lowest BCUT2D eigenvalue weighted by Gasteiger charge is -2.11. The molecule has 0 saturated carbocycles. The van der Waals surface area contributed by atoms with Crippen LogP contribution >= 0.6 is 45.2 Å². The van der Waals surface area contributed by atoms with Crippen LogP contribution in [0, 0.1) is 7.14 Å². The molecule has 2 amide bonds. The molecule has 15 heavy (non-hydrogen) atoms. The number of carbonyl (C=O) groups excluding carboxylic acids is 1. The highest BCUT2D eigenvalue weighted by atomic mass is 127. The summed E-state index contributed by atoms with van der Waals surface area (Å²) in [6.45, 7) is 0.593. The van der Waals surface area contributed by atoms with Crippen molar-refractivity contribution in [1.82, 2.24) is 10.6 Å². The Bertz CT molecular complexity index is 400. The lowest BCUT2D eigenvalue weighted by Crippen LogP contribution is -2.21. The molecule has 1 aromatic rings. The van der Waals surface area contributed by atoms with Crippen LogP contribution in [0.1, 0.15) is 11.6 Å². The molecule has 0 bridgehead atoms. The van der Waals surface area contributed by atoms with Gasteiger partial charge in [-0.15, -0.1) is 0 Å².